The number of rotatable bonds is 3. The lowest BCUT2D eigenvalue weighted by atomic mass is 10.0. The molecule has 1 heteroatoms. The van der Waals surface area contributed by atoms with Crippen molar-refractivity contribution in [3.05, 3.63) is 96.9 Å². The molecule has 0 aliphatic heterocycles. The van der Waals surface area contributed by atoms with Gasteiger partial charge < -0.3 is 4.42 Å². The van der Waals surface area contributed by atoms with Crippen molar-refractivity contribution in [1.82, 2.24) is 0 Å². The molecule has 0 unspecified atom stereocenters. The first-order chi connectivity index (χ1) is 13.5. The third kappa shape index (κ3) is 2.69. The van der Waals surface area contributed by atoms with E-state index in [2.05, 4.69) is 0 Å². The van der Waals surface area contributed by atoms with Crippen LogP contribution in [-0.4, -0.2) is 0 Å². The number of benzene rings is 3. The fourth-order valence-corrected chi connectivity index (χ4v) is 2.52. The molecule has 0 fully saturated rings. The Morgan fingerprint density at radius 3 is 1.91 bits per heavy atom. The minimum atomic E-state index is -0.420. The van der Waals surface area contributed by atoms with Crippen molar-refractivity contribution < 1.29 is 11.3 Å². The first kappa shape index (κ1) is 9.16. The highest BCUT2D eigenvalue weighted by atomic mass is 16.3. The molecular formula is C22H16O. The zero-order valence-electron chi connectivity index (χ0n) is 17.3. The Bertz CT molecular complexity index is 1060. The van der Waals surface area contributed by atoms with E-state index in [0.717, 1.165) is 16.7 Å². The maximum absolute atomic E-state index is 8.23. The third-order valence-corrected chi connectivity index (χ3v) is 3.60. The van der Waals surface area contributed by atoms with E-state index in [1.54, 1.807) is 6.07 Å². The van der Waals surface area contributed by atoms with E-state index in [1.807, 2.05) is 60.7 Å². The summed E-state index contributed by atoms with van der Waals surface area (Å²) in [5.41, 5.74) is 2.63. The fourth-order valence-electron chi connectivity index (χ4n) is 2.52. The van der Waals surface area contributed by atoms with Crippen LogP contribution in [0, 0.1) is 0 Å². The molecule has 0 aliphatic carbocycles. The highest BCUT2D eigenvalue weighted by molar-refractivity contribution is 5.83. The van der Waals surface area contributed by atoms with Gasteiger partial charge in [-0.15, -0.1) is 0 Å². The van der Waals surface area contributed by atoms with Gasteiger partial charge in [-0.05, 0) is 11.6 Å². The van der Waals surface area contributed by atoms with Crippen LogP contribution in [0.5, 0.6) is 0 Å². The molecule has 0 aliphatic rings. The topological polar surface area (TPSA) is 13.1 Å². The highest BCUT2D eigenvalue weighted by Gasteiger charge is 2.15. The van der Waals surface area contributed by atoms with Crippen LogP contribution in [0.15, 0.2) is 101 Å². The maximum Gasteiger partial charge on any atom is 0.142 e. The maximum atomic E-state index is 8.23. The molecule has 0 saturated heterocycles. The van der Waals surface area contributed by atoms with E-state index < -0.39 is 6.04 Å². The van der Waals surface area contributed by atoms with Crippen LogP contribution < -0.4 is 0 Å². The third-order valence-electron chi connectivity index (χ3n) is 3.60. The van der Waals surface area contributed by atoms with E-state index in [-0.39, 0.29) is 35.5 Å². The summed E-state index contributed by atoms with van der Waals surface area (Å²) in [6.45, 7) is 0. The summed E-state index contributed by atoms with van der Waals surface area (Å²) >= 11 is 0. The molecule has 110 valence electrons. The summed E-state index contributed by atoms with van der Waals surface area (Å²) in [7, 11) is 0. The Hall–Kier alpha value is -3.06. The zero-order chi connectivity index (χ0) is 19.8. The molecule has 0 radical (unpaired) electrons. The quantitative estimate of drug-likeness (QED) is 0.434. The van der Waals surface area contributed by atoms with Crippen LogP contribution in [0.2, 0.25) is 0 Å². The summed E-state index contributed by atoms with van der Waals surface area (Å²) in [6.07, 6.45) is 0. The first-order valence-corrected chi connectivity index (χ1v) is 7.31. The standard InChI is InChI=1S/C22H16O/c1-4-10-17(11-5-1)20-16-21(18-12-6-2-7-13-18)23-22(20)19-14-8-3-9-15-19/h1-16H/i2D,6D,7D,12D,13D. The molecule has 0 saturated carbocycles. The van der Waals surface area contributed by atoms with E-state index in [9.17, 15) is 0 Å². The van der Waals surface area contributed by atoms with Crippen molar-refractivity contribution in [3.63, 3.8) is 0 Å². The lowest BCUT2D eigenvalue weighted by Gasteiger charge is -2.02. The van der Waals surface area contributed by atoms with Crippen LogP contribution in [-0.2, 0) is 0 Å². The Morgan fingerprint density at radius 1 is 0.652 bits per heavy atom. The lowest BCUT2D eigenvalue weighted by molar-refractivity contribution is 0.598. The predicted molar refractivity (Wildman–Crippen MR) is 95.0 cm³/mol. The van der Waals surface area contributed by atoms with Gasteiger partial charge in [0.1, 0.15) is 11.5 Å². The van der Waals surface area contributed by atoms with Gasteiger partial charge in [0.25, 0.3) is 0 Å². The highest BCUT2D eigenvalue weighted by Crippen LogP contribution is 2.38. The second kappa shape index (κ2) is 5.98. The number of hydrogen-bond donors (Lipinski definition) is 0. The van der Waals surface area contributed by atoms with Gasteiger partial charge in [0.15, 0.2) is 0 Å². The summed E-state index contributed by atoms with van der Waals surface area (Å²) < 4.78 is 46.2. The SMILES string of the molecule is [2H]c1c([2H])c([2H])c(-c2cc(-c3ccccc3)c(-c3ccccc3)o2)c([2H])c1[2H]. The van der Waals surface area contributed by atoms with Crippen molar-refractivity contribution in [2.45, 2.75) is 0 Å². The van der Waals surface area contributed by atoms with Gasteiger partial charge in [0.2, 0.25) is 0 Å². The van der Waals surface area contributed by atoms with Crippen molar-refractivity contribution >= 4 is 0 Å². The van der Waals surface area contributed by atoms with Crippen LogP contribution in [0.1, 0.15) is 6.85 Å². The van der Waals surface area contributed by atoms with E-state index in [0.29, 0.717) is 5.76 Å². The second-order valence-corrected chi connectivity index (χ2v) is 5.09. The average Bonchev–Trinajstić information content (AvgIpc) is 3.17. The lowest BCUT2D eigenvalue weighted by Crippen LogP contribution is -1.78. The summed E-state index contributed by atoms with van der Waals surface area (Å²) in [5.74, 6) is 0.836. The molecular weight excluding hydrogens is 280 g/mol. The molecule has 23 heavy (non-hydrogen) atoms. The van der Waals surface area contributed by atoms with E-state index >= 15 is 0 Å². The minimum Gasteiger partial charge on any atom is -0.455 e. The molecule has 0 atom stereocenters. The van der Waals surface area contributed by atoms with Crippen molar-refractivity contribution in [2.75, 3.05) is 0 Å². The molecule has 4 aromatic rings. The van der Waals surface area contributed by atoms with Crippen LogP contribution in [0.4, 0.5) is 0 Å². The normalized spacial score (nSPS) is 13.7. The molecule has 1 aromatic heterocycles. The molecule has 1 heterocycles. The van der Waals surface area contributed by atoms with Gasteiger partial charge in [-0.1, -0.05) is 90.9 Å². The van der Waals surface area contributed by atoms with Gasteiger partial charge in [-0.2, -0.15) is 0 Å². The minimum absolute atomic E-state index is 0.0605. The van der Waals surface area contributed by atoms with Crippen molar-refractivity contribution in [3.8, 4) is 33.8 Å². The summed E-state index contributed by atoms with van der Waals surface area (Å²) in [4.78, 5) is 0. The number of hydrogen-bond acceptors (Lipinski definition) is 1. The first-order valence-electron chi connectivity index (χ1n) is 9.81. The molecule has 1 nitrogen and oxygen atoms in total. The van der Waals surface area contributed by atoms with E-state index in [1.165, 1.54) is 0 Å². The van der Waals surface area contributed by atoms with Gasteiger partial charge >= 0.3 is 0 Å². The van der Waals surface area contributed by atoms with Gasteiger partial charge in [0.05, 0.1) is 6.85 Å². The Kier molecular flexibility index (Phi) is 2.38. The summed E-state index contributed by atoms with van der Waals surface area (Å²) in [5, 5.41) is 0. The summed E-state index contributed by atoms with van der Waals surface area (Å²) in [6, 6.07) is 19.2. The van der Waals surface area contributed by atoms with E-state index in [4.69, 9.17) is 11.3 Å². The Labute approximate surface area is 142 Å². The van der Waals surface area contributed by atoms with Crippen LogP contribution in [0.25, 0.3) is 33.8 Å². The molecule has 0 bridgehead atoms. The van der Waals surface area contributed by atoms with Gasteiger partial charge in [-0.25, -0.2) is 0 Å². The van der Waals surface area contributed by atoms with Crippen molar-refractivity contribution in [2.24, 2.45) is 0 Å². The Balaban J connectivity index is 2.00. The van der Waals surface area contributed by atoms with Crippen LogP contribution in [0.3, 0.4) is 0 Å². The average molecular weight is 301 g/mol. The van der Waals surface area contributed by atoms with Crippen LogP contribution >= 0.6 is 0 Å². The second-order valence-electron chi connectivity index (χ2n) is 5.09. The largest absolute Gasteiger partial charge is 0.455 e. The van der Waals surface area contributed by atoms with Gasteiger partial charge in [-0.3, -0.25) is 0 Å². The Morgan fingerprint density at radius 2 is 1.26 bits per heavy atom. The fraction of sp³-hybridized carbons (Fsp3) is 0. The molecule has 3 aromatic carbocycles. The van der Waals surface area contributed by atoms with Crippen molar-refractivity contribution in [1.29, 1.82) is 0 Å². The number of furan rings is 1. The molecule has 0 amide bonds. The zero-order valence-corrected chi connectivity index (χ0v) is 12.3. The predicted octanol–water partition coefficient (Wildman–Crippen LogP) is 6.28. The monoisotopic (exact) mass is 301 g/mol. The van der Waals surface area contributed by atoms with Gasteiger partial charge in [0, 0.05) is 16.7 Å². The smallest absolute Gasteiger partial charge is 0.142 e. The molecule has 0 N–H and O–H groups in total. The molecule has 0 spiro atoms. The molecule has 4 rings (SSSR count).